The van der Waals surface area contributed by atoms with Crippen LogP contribution in [0.1, 0.15) is 245 Å². The lowest BCUT2D eigenvalue weighted by molar-refractivity contribution is -0.305. The number of unbranched alkanes of at least 4 members (excludes halogenated alkanes) is 28. The van der Waals surface area contributed by atoms with Crippen LogP contribution in [0.4, 0.5) is 0 Å². The third-order valence-corrected chi connectivity index (χ3v) is 13.5. The maximum absolute atomic E-state index is 13.4. The summed E-state index contributed by atoms with van der Waals surface area (Å²) in [7, 11) is 0. The normalized spacial score (nSPS) is 20.0. The molecular formula is C60H107NO10. The molecule has 1 aliphatic heterocycles. The Labute approximate surface area is 433 Å². The molecule has 6 N–H and O–H groups in total. The van der Waals surface area contributed by atoms with Crippen LogP contribution < -0.4 is 5.32 Å². The lowest BCUT2D eigenvalue weighted by Crippen LogP contribution is -2.61. The quantitative estimate of drug-likeness (QED) is 0.0149. The summed E-state index contributed by atoms with van der Waals surface area (Å²) in [6.45, 7) is 5.63. The van der Waals surface area contributed by atoms with Gasteiger partial charge in [-0.2, -0.15) is 0 Å². The van der Waals surface area contributed by atoms with Crippen LogP contribution in [0.3, 0.4) is 0 Å². The number of rotatable bonds is 48. The van der Waals surface area contributed by atoms with Crippen molar-refractivity contribution in [2.45, 2.75) is 294 Å². The van der Waals surface area contributed by atoms with Crippen LogP contribution in [-0.4, -0.2) is 99.6 Å². The second kappa shape index (κ2) is 48.3. The SMILES string of the molecule is CC/C=C/C=C/C=C/CCCCCCCCC(O)C(=O)NC(COC1OC(CO)C(O)C(O)C1OC(=O)CCCCCCCCC/C=C/CCCCCCCC)C(O)/C=C/CCCCCCCCCCC. The van der Waals surface area contributed by atoms with Gasteiger partial charge < -0.3 is 45.1 Å². The number of carbonyl (C=O) groups excluding carboxylic acids is 2. The third-order valence-electron chi connectivity index (χ3n) is 13.5. The highest BCUT2D eigenvalue weighted by Gasteiger charge is 2.47. The second-order valence-electron chi connectivity index (χ2n) is 20.1. The summed E-state index contributed by atoms with van der Waals surface area (Å²) < 4.78 is 17.6. The summed E-state index contributed by atoms with van der Waals surface area (Å²) in [6, 6.07) is -1.03. The fourth-order valence-electron chi connectivity index (χ4n) is 8.82. The molecule has 0 bridgehead atoms. The average Bonchev–Trinajstić information content (AvgIpc) is 3.37. The predicted octanol–water partition coefficient (Wildman–Crippen LogP) is 13.1. The van der Waals surface area contributed by atoms with E-state index in [1.807, 2.05) is 18.2 Å². The van der Waals surface area contributed by atoms with Crippen LogP contribution in [0, 0.1) is 0 Å². The van der Waals surface area contributed by atoms with Gasteiger partial charge in [-0.15, -0.1) is 0 Å². The molecule has 11 heteroatoms. The Morgan fingerprint density at radius 1 is 0.563 bits per heavy atom. The molecule has 8 unspecified atom stereocenters. The van der Waals surface area contributed by atoms with E-state index in [0.717, 1.165) is 96.3 Å². The van der Waals surface area contributed by atoms with Crippen molar-refractivity contribution in [2.24, 2.45) is 0 Å². The van der Waals surface area contributed by atoms with Gasteiger partial charge >= 0.3 is 5.97 Å². The standard InChI is InChI=1S/C60H107NO10/c1-4-7-10-13-16-19-22-24-26-27-28-30-33-36-39-42-45-48-55(65)71-58-57(67)56(66)54(49-62)70-60(58)69-50-51(52(63)46-43-40-37-34-31-21-18-15-12-9-6-3)61-59(68)53(64)47-44-41-38-35-32-29-25-23-20-17-14-11-8-5-2/h8,11,14,17,20,23-24,26,43,46,51-54,56-58,60,62-64,66-67H,4-7,9-10,12-13,15-16,18-19,21-22,25,27-42,44-45,47-50H2,1-3H3,(H,61,68)/b11-8+,17-14+,23-20+,26-24+,46-43+. The van der Waals surface area contributed by atoms with Crippen molar-refractivity contribution in [3.63, 3.8) is 0 Å². The molecule has 1 fully saturated rings. The number of allylic oxidation sites excluding steroid dienone is 9. The molecule has 412 valence electrons. The van der Waals surface area contributed by atoms with Crippen LogP contribution in [0.2, 0.25) is 0 Å². The fourth-order valence-corrected chi connectivity index (χ4v) is 8.82. The number of hydrogen-bond donors (Lipinski definition) is 6. The first-order chi connectivity index (χ1) is 34.7. The van der Waals surface area contributed by atoms with E-state index >= 15 is 0 Å². The van der Waals surface area contributed by atoms with Crippen molar-refractivity contribution in [2.75, 3.05) is 13.2 Å². The molecule has 0 saturated carbocycles. The Morgan fingerprint density at radius 2 is 1.03 bits per heavy atom. The van der Waals surface area contributed by atoms with Crippen LogP contribution in [0.25, 0.3) is 0 Å². The number of esters is 1. The van der Waals surface area contributed by atoms with Gasteiger partial charge in [-0.25, -0.2) is 0 Å². The van der Waals surface area contributed by atoms with Gasteiger partial charge in [0.15, 0.2) is 12.4 Å². The van der Waals surface area contributed by atoms with Crippen molar-refractivity contribution in [1.82, 2.24) is 5.32 Å². The van der Waals surface area contributed by atoms with Gasteiger partial charge in [-0.3, -0.25) is 9.59 Å². The highest BCUT2D eigenvalue weighted by Crippen LogP contribution is 2.26. The van der Waals surface area contributed by atoms with E-state index in [4.69, 9.17) is 14.2 Å². The first kappa shape index (κ1) is 66.4. The minimum atomic E-state index is -1.62. The summed E-state index contributed by atoms with van der Waals surface area (Å²) in [4.78, 5) is 26.4. The Hall–Kier alpha value is -2.64. The number of carbonyl (C=O) groups is 2. The molecule has 0 radical (unpaired) electrons. The molecule has 0 aromatic carbocycles. The van der Waals surface area contributed by atoms with Crippen LogP contribution in [-0.2, 0) is 23.8 Å². The Kier molecular flexibility index (Phi) is 45.2. The maximum Gasteiger partial charge on any atom is 0.306 e. The van der Waals surface area contributed by atoms with Crippen molar-refractivity contribution in [3.05, 3.63) is 60.8 Å². The number of hydrogen-bond acceptors (Lipinski definition) is 10. The molecule has 71 heavy (non-hydrogen) atoms. The molecule has 8 atom stereocenters. The van der Waals surface area contributed by atoms with Gasteiger partial charge in [-0.1, -0.05) is 229 Å². The highest BCUT2D eigenvalue weighted by atomic mass is 16.7. The molecule has 0 aliphatic carbocycles. The molecule has 0 aromatic rings. The summed E-state index contributed by atoms with van der Waals surface area (Å²) in [5.41, 5.74) is 0. The Morgan fingerprint density at radius 3 is 1.55 bits per heavy atom. The monoisotopic (exact) mass is 1000 g/mol. The van der Waals surface area contributed by atoms with Gasteiger partial charge in [0.25, 0.3) is 0 Å². The lowest BCUT2D eigenvalue weighted by Gasteiger charge is -2.41. The van der Waals surface area contributed by atoms with Gasteiger partial charge in [0, 0.05) is 6.42 Å². The molecule has 1 aliphatic rings. The molecule has 1 heterocycles. The Bertz CT molecular complexity index is 1380. The number of ether oxygens (including phenoxy) is 3. The third kappa shape index (κ3) is 36.9. The van der Waals surface area contributed by atoms with E-state index in [9.17, 15) is 35.1 Å². The molecular weight excluding hydrogens is 895 g/mol. The van der Waals surface area contributed by atoms with Crippen LogP contribution in [0.15, 0.2) is 60.8 Å². The number of aliphatic hydroxyl groups excluding tert-OH is 5. The molecule has 1 rings (SSSR count). The smallest absolute Gasteiger partial charge is 0.306 e. The second-order valence-corrected chi connectivity index (χ2v) is 20.1. The van der Waals surface area contributed by atoms with Gasteiger partial charge in [-0.05, 0) is 70.6 Å². The number of nitrogens with one attached hydrogen (secondary N) is 1. The number of amides is 1. The van der Waals surface area contributed by atoms with Crippen LogP contribution >= 0.6 is 0 Å². The van der Waals surface area contributed by atoms with Gasteiger partial charge in [0.1, 0.15) is 24.4 Å². The van der Waals surface area contributed by atoms with Gasteiger partial charge in [0.2, 0.25) is 5.91 Å². The first-order valence-electron chi connectivity index (χ1n) is 29.1. The minimum absolute atomic E-state index is 0.116. The van der Waals surface area contributed by atoms with Crippen molar-refractivity contribution >= 4 is 11.9 Å². The van der Waals surface area contributed by atoms with E-state index in [-0.39, 0.29) is 19.4 Å². The van der Waals surface area contributed by atoms with Crippen LogP contribution in [0.5, 0.6) is 0 Å². The zero-order valence-corrected chi connectivity index (χ0v) is 45.3. The van der Waals surface area contributed by atoms with Gasteiger partial charge in [0.05, 0.1) is 25.4 Å². The van der Waals surface area contributed by atoms with E-state index in [2.05, 4.69) is 62.5 Å². The van der Waals surface area contributed by atoms with Crippen molar-refractivity contribution in [1.29, 1.82) is 0 Å². The predicted molar refractivity (Wildman–Crippen MR) is 292 cm³/mol. The maximum atomic E-state index is 13.4. The molecule has 1 amide bonds. The Balaban J connectivity index is 2.71. The summed E-state index contributed by atoms with van der Waals surface area (Å²) >= 11 is 0. The zero-order valence-electron chi connectivity index (χ0n) is 45.3. The summed E-state index contributed by atoms with van der Waals surface area (Å²) in [5.74, 6) is -1.21. The average molecular weight is 1000 g/mol. The zero-order chi connectivity index (χ0) is 51.8. The van der Waals surface area contributed by atoms with E-state index in [0.29, 0.717) is 12.8 Å². The minimum Gasteiger partial charge on any atom is -0.454 e. The topological polar surface area (TPSA) is 175 Å². The largest absolute Gasteiger partial charge is 0.454 e. The highest BCUT2D eigenvalue weighted by molar-refractivity contribution is 5.80. The summed E-state index contributed by atoms with van der Waals surface area (Å²) in [5, 5.41) is 56.8. The molecule has 11 nitrogen and oxygen atoms in total. The summed E-state index contributed by atoms with van der Waals surface area (Å²) in [6.07, 6.45) is 48.3. The van der Waals surface area contributed by atoms with E-state index in [1.54, 1.807) is 6.08 Å². The molecule has 1 saturated heterocycles. The fraction of sp³-hybridized carbons (Fsp3) is 0.800. The van der Waals surface area contributed by atoms with Crippen molar-refractivity contribution < 1.29 is 49.3 Å². The van der Waals surface area contributed by atoms with E-state index < -0.39 is 67.4 Å². The number of aliphatic hydroxyl groups is 5. The molecule has 0 aromatic heterocycles. The first-order valence-corrected chi connectivity index (χ1v) is 29.1. The van der Waals surface area contributed by atoms with Crippen molar-refractivity contribution in [3.8, 4) is 0 Å². The lowest BCUT2D eigenvalue weighted by atomic mass is 9.99. The molecule has 0 spiro atoms. The van der Waals surface area contributed by atoms with E-state index in [1.165, 1.54) is 103 Å².